The van der Waals surface area contributed by atoms with Gasteiger partial charge in [-0.2, -0.15) is 0 Å². The molecular weight excluding hydrogens is 224 g/mol. The van der Waals surface area contributed by atoms with Crippen LogP contribution < -0.4 is 0 Å². The average molecular weight is 237 g/mol. The first-order valence-electron chi connectivity index (χ1n) is 5.41. The zero-order valence-corrected chi connectivity index (χ0v) is 9.85. The Morgan fingerprint density at radius 1 is 1.44 bits per heavy atom. The maximum absolute atomic E-state index is 6.02. The lowest BCUT2D eigenvalue weighted by Gasteiger charge is -2.09. The molecule has 0 aromatic carbocycles. The Morgan fingerprint density at radius 3 is 3.06 bits per heavy atom. The van der Waals surface area contributed by atoms with Gasteiger partial charge in [0.25, 0.3) is 0 Å². The molecule has 2 aromatic heterocycles. The molecule has 0 bridgehead atoms. The van der Waals surface area contributed by atoms with Crippen LogP contribution in [0.1, 0.15) is 18.2 Å². The number of imidazole rings is 1. The molecule has 0 N–H and O–H groups in total. The van der Waals surface area contributed by atoms with E-state index in [1.54, 1.807) is 6.20 Å². The molecule has 1 aliphatic heterocycles. The van der Waals surface area contributed by atoms with Gasteiger partial charge in [0.15, 0.2) is 5.15 Å². The molecule has 3 rings (SSSR count). The van der Waals surface area contributed by atoms with Gasteiger partial charge in [-0.05, 0) is 20.0 Å². The molecule has 1 saturated heterocycles. The molecule has 1 aliphatic rings. The number of fused-ring (bicyclic) bond motifs is 1. The van der Waals surface area contributed by atoms with Gasteiger partial charge in [0, 0.05) is 24.9 Å². The van der Waals surface area contributed by atoms with Crippen molar-refractivity contribution in [1.82, 2.24) is 19.3 Å². The van der Waals surface area contributed by atoms with Crippen molar-refractivity contribution < 1.29 is 0 Å². The van der Waals surface area contributed by atoms with Crippen molar-refractivity contribution in [3.05, 3.63) is 29.6 Å². The monoisotopic (exact) mass is 236 g/mol. The molecule has 5 heteroatoms. The predicted molar refractivity (Wildman–Crippen MR) is 62.9 cm³/mol. The summed E-state index contributed by atoms with van der Waals surface area (Å²) in [5, 5.41) is 0.521. The lowest BCUT2D eigenvalue weighted by molar-refractivity contribution is 0.409. The number of hydrogen-bond acceptors (Lipinski definition) is 3. The van der Waals surface area contributed by atoms with Gasteiger partial charge in [-0.15, -0.1) is 0 Å². The molecule has 2 aromatic rings. The van der Waals surface area contributed by atoms with Crippen molar-refractivity contribution in [3.63, 3.8) is 0 Å². The minimum absolute atomic E-state index is 0.506. The Balaban J connectivity index is 2.08. The average Bonchev–Trinajstić information content (AvgIpc) is 2.84. The van der Waals surface area contributed by atoms with Gasteiger partial charge in [0.05, 0.1) is 6.20 Å². The van der Waals surface area contributed by atoms with Crippen molar-refractivity contribution in [2.75, 3.05) is 20.1 Å². The first-order valence-corrected chi connectivity index (χ1v) is 5.79. The largest absolute Gasteiger partial charge is 0.306 e. The molecule has 4 nitrogen and oxygen atoms in total. The molecule has 16 heavy (non-hydrogen) atoms. The fourth-order valence-corrected chi connectivity index (χ4v) is 2.56. The van der Waals surface area contributed by atoms with Crippen LogP contribution in [0.15, 0.2) is 18.6 Å². The first-order chi connectivity index (χ1) is 7.75. The third kappa shape index (κ3) is 1.49. The lowest BCUT2D eigenvalue weighted by Crippen LogP contribution is -2.14. The van der Waals surface area contributed by atoms with E-state index in [-0.39, 0.29) is 0 Å². The van der Waals surface area contributed by atoms with Crippen molar-refractivity contribution >= 4 is 17.1 Å². The second kappa shape index (κ2) is 3.71. The normalized spacial score (nSPS) is 22.0. The third-order valence-electron chi connectivity index (χ3n) is 3.20. The van der Waals surface area contributed by atoms with E-state index in [9.17, 15) is 0 Å². The van der Waals surface area contributed by atoms with E-state index in [4.69, 9.17) is 11.6 Å². The number of likely N-dealkylation sites (N-methyl/N-ethyl adjacent to an activating group) is 1. The second-order valence-electron chi connectivity index (χ2n) is 4.34. The highest BCUT2D eigenvalue weighted by Crippen LogP contribution is 2.27. The lowest BCUT2D eigenvalue weighted by atomic mass is 10.1. The van der Waals surface area contributed by atoms with Crippen molar-refractivity contribution in [2.24, 2.45) is 0 Å². The summed E-state index contributed by atoms with van der Waals surface area (Å²) in [7, 11) is 2.14. The fourth-order valence-electron chi connectivity index (χ4n) is 2.36. The van der Waals surface area contributed by atoms with Gasteiger partial charge < -0.3 is 4.90 Å². The topological polar surface area (TPSA) is 33.4 Å². The van der Waals surface area contributed by atoms with Gasteiger partial charge in [-0.25, -0.2) is 9.97 Å². The SMILES string of the molecule is CN1CC[C@H](c2ncc3c(Cl)nccn23)C1. The van der Waals surface area contributed by atoms with E-state index in [2.05, 4.69) is 26.3 Å². The number of rotatable bonds is 1. The smallest absolute Gasteiger partial charge is 0.154 e. The molecule has 0 spiro atoms. The molecule has 0 radical (unpaired) electrons. The minimum atomic E-state index is 0.506. The summed E-state index contributed by atoms with van der Waals surface area (Å²) in [6.45, 7) is 2.21. The summed E-state index contributed by atoms with van der Waals surface area (Å²) in [6, 6.07) is 0. The van der Waals surface area contributed by atoms with Crippen molar-refractivity contribution in [3.8, 4) is 0 Å². The Bertz CT molecular complexity index is 522. The molecule has 0 amide bonds. The van der Waals surface area contributed by atoms with Gasteiger partial charge in [-0.1, -0.05) is 11.6 Å². The van der Waals surface area contributed by atoms with Crippen LogP contribution in [0.3, 0.4) is 0 Å². The number of aromatic nitrogens is 3. The van der Waals surface area contributed by atoms with Crippen molar-refractivity contribution in [1.29, 1.82) is 0 Å². The van der Waals surface area contributed by atoms with E-state index in [0.29, 0.717) is 11.1 Å². The molecular formula is C11H13ClN4. The number of likely N-dealkylation sites (tertiary alicyclic amines) is 1. The fraction of sp³-hybridized carbons (Fsp3) is 0.455. The molecule has 0 saturated carbocycles. The molecule has 0 aliphatic carbocycles. The number of hydrogen-bond donors (Lipinski definition) is 0. The molecule has 3 heterocycles. The van der Waals surface area contributed by atoms with Crippen LogP contribution in [0.5, 0.6) is 0 Å². The maximum atomic E-state index is 6.02. The molecule has 1 fully saturated rings. The predicted octanol–water partition coefficient (Wildman–Crippen LogP) is 1.80. The third-order valence-corrected chi connectivity index (χ3v) is 3.49. The zero-order chi connectivity index (χ0) is 11.1. The first kappa shape index (κ1) is 10.1. The van der Waals surface area contributed by atoms with Gasteiger partial charge in [-0.3, -0.25) is 4.40 Å². The van der Waals surface area contributed by atoms with E-state index < -0.39 is 0 Å². The summed E-state index contributed by atoms with van der Waals surface area (Å²) >= 11 is 6.02. The van der Waals surface area contributed by atoms with E-state index >= 15 is 0 Å². The summed E-state index contributed by atoms with van der Waals surface area (Å²) in [5.74, 6) is 1.61. The van der Waals surface area contributed by atoms with Crippen LogP contribution in [0.2, 0.25) is 5.15 Å². The Hall–Kier alpha value is -1.13. The molecule has 84 valence electrons. The second-order valence-corrected chi connectivity index (χ2v) is 4.70. The Kier molecular flexibility index (Phi) is 2.33. The van der Waals surface area contributed by atoms with Crippen molar-refractivity contribution in [2.45, 2.75) is 12.3 Å². The van der Waals surface area contributed by atoms with Crippen LogP contribution in [0.4, 0.5) is 0 Å². The zero-order valence-electron chi connectivity index (χ0n) is 9.10. The quantitative estimate of drug-likeness (QED) is 0.757. The Morgan fingerprint density at radius 2 is 2.31 bits per heavy atom. The summed E-state index contributed by atoms with van der Waals surface area (Å²) < 4.78 is 2.05. The van der Waals surface area contributed by atoms with Gasteiger partial charge in [0.1, 0.15) is 11.3 Å². The van der Waals surface area contributed by atoms with Gasteiger partial charge >= 0.3 is 0 Å². The minimum Gasteiger partial charge on any atom is -0.306 e. The highest BCUT2D eigenvalue weighted by atomic mass is 35.5. The van der Waals surface area contributed by atoms with E-state index in [1.165, 1.54) is 0 Å². The van der Waals surface area contributed by atoms with Crippen LogP contribution in [0, 0.1) is 0 Å². The standard InChI is InChI=1S/C11H13ClN4/c1-15-4-2-8(7-15)11-14-6-9-10(12)13-3-5-16(9)11/h3,5-6,8H,2,4,7H2,1H3/t8-/m0/s1. The number of halogens is 1. The van der Waals surface area contributed by atoms with Gasteiger partial charge in [0.2, 0.25) is 0 Å². The van der Waals surface area contributed by atoms with E-state index in [1.807, 2.05) is 12.4 Å². The summed E-state index contributed by atoms with van der Waals surface area (Å²) in [6.07, 6.45) is 6.62. The molecule has 1 atom stereocenters. The van der Waals surface area contributed by atoms with Crippen LogP contribution in [-0.4, -0.2) is 39.4 Å². The van der Waals surface area contributed by atoms with E-state index in [0.717, 1.165) is 30.9 Å². The van der Waals surface area contributed by atoms with Crippen LogP contribution in [0.25, 0.3) is 5.52 Å². The highest BCUT2D eigenvalue weighted by molar-refractivity contribution is 6.32. The molecule has 0 unspecified atom stereocenters. The highest BCUT2D eigenvalue weighted by Gasteiger charge is 2.24. The maximum Gasteiger partial charge on any atom is 0.154 e. The summed E-state index contributed by atoms with van der Waals surface area (Å²) in [5.41, 5.74) is 0.897. The van der Waals surface area contributed by atoms with Crippen LogP contribution >= 0.6 is 11.6 Å². The van der Waals surface area contributed by atoms with Crippen LogP contribution in [-0.2, 0) is 0 Å². The summed E-state index contributed by atoms with van der Waals surface area (Å²) in [4.78, 5) is 10.9. The number of nitrogens with zero attached hydrogens (tertiary/aromatic N) is 4. The Labute approximate surface area is 98.9 Å².